The molecule has 1 aromatic heterocycles. The van der Waals surface area contributed by atoms with E-state index in [0.717, 1.165) is 9.99 Å². The number of ether oxygens (including phenoxy) is 1. The molecule has 88 valence electrons. The highest BCUT2D eigenvalue weighted by Gasteiger charge is 2.21. The first-order chi connectivity index (χ1) is 8.15. The van der Waals surface area contributed by atoms with Crippen LogP contribution in [0.1, 0.15) is 17.3 Å². The minimum atomic E-state index is -0.826. The van der Waals surface area contributed by atoms with E-state index >= 15 is 0 Å². The molecule has 17 heavy (non-hydrogen) atoms. The summed E-state index contributed by atoms with van der Waals surface area (Å²) in [5, 5.41) is 0.700. The number of fused-ring (bicyclic) bond motifs is 1. The summed E-state index contributed by atoms with van der Waals surface area (Å²) in [6.45, 7) is 1.85. The number of ketones is 1. The quantitative estimate of drug-likeness (QED) is 0.538. The summed E-state index contributed by atoms with van der Waals surface area (Å²) >= 11 is 3.34. The maximum Gasteiger partial charge on any atom is 0.379 e. The van der Waals surface area contributed by atoms with E-state index in [2.05, 4.69) is 20.9 Å². The van der Waals surface area contributed by atoms with Crippen molar-refractivity contribution in [3.05, 3.63) is 34.4 Å². The van der Waals surface area contributed by atoms with Crippen molar-refractivity contribution in [2.75, 3.05) is 6.61 Å². The molecule has 0 saturated heterocycles. The van der Waals surface area contributed by atoms with Crippen LogP contribution < -0.4 is 0 Å². The van der Waals surface area contributed by atoms with Crippen LogP contribution >= 0.6 is 15.9 Å². The number of esters is 1. The fourth-order valence-electron chi connectivity index (χ4n) is 1.64. The van der Waals surface area contributed by atoms with E-state index in [1.807, 2.05) is 6.07 Å². The number of carbonyl (C=O) groups excluding carboxylic acids is 2. The highest BCUT2D eigenvalue weighted by atomic mass is 79.9. The van der Waals surface area contributed by atoms with Crippen molar-refractivity contribution in [2.45, 2.75) is 6.92 Å². The second-order valence-corrected chi connectivity index (χ2v) is 4.27. The molecular weight excluding hydrogens is 286 g/mol. The summed E-state index contributed by atoms with van der Waals surface area (Å²) in [6, 6.07) is 5.17. The lowest BCUT2D eigenvalue weighted by Crippen LogP contribution is -2.17. The van der Waals surface area contributed by atoms with Crippen LogP contribution in [-0.4, -0.2) is 23.3 Å². The van der Waals surface area contributed by atoms with Crippen LogP contribution in [0.3, 0.4) is 0 Å². The number of halogens is 1. The van der Waals surface area contributed by atoms with E-state index in [-0.39, 0.29) is 6.61 Å². The molecule has 0 saturated carbocycles. The number of benzene rings is 1. The molecule has 4 nitrogen and oxygen atoms in total. The van der Waals surface area contributed by atoms with Crippen molar-refractivity contribution in [1.82, 2.24) is 4.98 Å². The number of hydrogen-bond acceptors (Lipinski definition) is 3. The third-order valence-corrected chi connectivity index (χ3v) is 2.99. The third-order valence-electron chi connectivity index (χ3n) is 2.36. The predicted octanol–water partition coefficient (Wildman–Crippen LogP) is 2.68. The highest BCUT2D eigenvalue weighted by Crippen LogP contribution is 2.27. The molecule has 1 N–H and O–H groups in total. The molecule has 0 amide bonds. The summed E-state index contributed by atoms with van der Waals surface area (Å²) in [5.41, 5.74) is 1.14. The number of Topliss-reactive ketones (excluding diaryl/α,β-unsaturated/α-hetero) is 1. The van der Waals surface area contributed by atoms with Crippen molar-refractivity contribution in [3.63, 3.8) is 0 Å². The molecule has 0 bridgehead atoms. The van der Waals surface area contributed by atoms with Crippen LogP contribution in [0, 0.1) is 0 Å². The smallest absolute Gasteiger partial charge is 0.379 e. The van der Waals surface area contributed by atoms with Gasteiger partial charge in [-0.25, -0.2) is 4.79 Å². The fourth-order valence-corrected chi connectivity index (χ4v) is 2.18. The Kier molecular flexibility index (Phi) is 3.28. The molecule has 0 radical (unpaired) electrons. The monoisotopic (exact) mass is 295 g/mol. The van der Waals surface area contributed by atoms with Gasteiger partial charge in [-0.05, 0) is 35.0 Å². The van der Waals surface area contributed by atoms with Gasteiger partial charge in [0.2, 0.25) is 0 Å². The maximum atomic E-state index is 11.9. The molecule has 0 aliphatic heterocycles. The van der Waals surface area contributed by atoms with Gasteiger partial charge in [-0.2, -0.15) is 0 Å². The van der Waals surface area contributed by atoms with E-state index in [1.165, 1.54) is 0 Å². The van der Waals surface area contributed by atoms with Gasteiger partial charge in [-0.15, -0.1) is 0 Å². The average molecular weight is 296 g/mol. The summed E-state index contributed by atoms with van der Waals surface area (Å²) < 4.78 is 5.46. The van der Waals surface area contributed by atoms with Gasteiger partial charge in [0, 0.05) is 27.1 Å². The predicted molar refractivity (Wildman–Crippen MR) is 67.0 cm³/mol. The Balaban J connectivity index is 2.51. The zero-order valence-corrected chi connectivity index (χ0v) is 10.7. The van der Waals surface area contributed by atoms with E-state index in [0.29, 0.717) is 10.9 Å². The van der Waals surface area contributed by atoms with E-state index < -0.39 is 11.8 Å². The third kappa shape index (κ3) is 2.10. The molecule has 0 aliphatic rings. The number of nitrogens with one attached hydrogen (secondary N) is 1. The van der Waals surface area contributed by atoms with Crippen LogP contribution in [0.4, 0.5) is 0 Å². The summed E-state index contributed by atoms with van der Waals surface area (Å²) in [5.74, 6) is -1.45. The second-order valence-electron chi connectivity index (χ2n) is 3.41. The summed E-state index contributed by atoms with van der Waals surface area (Å²) in [7, 11) is 0. The number of hydrogen-bond donors (Lipinski definition) is 1. The van der Waals surface area contributed by atoms with Crippen molar-refractivity contribution >= 4 is 38.6 Å². The summed E-state index contributed by atoms with van der Waals surface area (Å²) in [6.07, 6.45) is 1.73. The number of H-pyrrole nitrogens is 1. The van der Waals surface area contributed by atoms with Gasteiger partial charge in [-0.3, -0.25) is 4.79 Å². The Bertz CT molecular complexity index is 588. The van der Waals surface area contributed by atoms with E-state index in [4.69, 9.17) is 4.74 Å². The van der Waals surface area contributed by atoms with Crippen LogP contribution in [0.25, 0.3) is 10.9 Å². The first-order valence-electron chi connectivity index (χ1n) is 5.12. The lowest BCUT2D eigenvalue weighted by molar-refractivity contribution is -0.137. The second kappa shape index (κ2) is 4.71. The van der Waals surface area contributed by atoms with Crippen molar-refractivity contribution in [3.8, 4) is 0 Å². The van der Waals surface area contributed by atoms with Gasteiger partial charge in [0.1, 0.15) is 0 Å². The number of aromatic amines is 1. The van der Waals surface area contributed by atoms with Gasteiger partial charge >= 0.3 is 5.97 Å². The van der Waals surface area contributed by atoms with Gasteiger partial charge < -0.3 is 9.72 Å². The number of aromatic nitrogens is 1. The van der Waals surface area contributed by atoms with Crippen molar-refractivity contribution in [1.29, 1.82) is 0 Å². The van der Waals surface area contributed by atoms with Crippen LogP contribution in [-0.2, 0) is 9.53 Å². The zero-order valence-electron chi connectivity index (χ0n) is 9.12. The largest absolute Gasteiger partial charge is 0.460 e. The lowest BCUT2D eigenvalue weighted by atomic mass is 10.1. The highest BCUT2D eigenvalue weighted by molar-refractivity contribution is 9.10. The Morgan fingerprint density at radius 3 is 2.88 bits per heavy atom. The average Bonchev–Trinajstić information content (AvgIpc) is 2.71. The van der Waals surface area contributed by atoms with Crippen LogP contribution in [0.15, 0.2) is 28.9 Å². The Labute approximate surface area is 106 Å². The molecule has 1 aromatic carbocycles. The molecule has 2 aromatic rings. The minimum absolute atomic E-state index is 0.189. The number of carbonyl (C=O) groups is 2. The van der Waals surface area contributed by atoms with E-state index in [9.17, 15) is 9.59 Å². The van der Waals surface area contributed by atoms with Gasteiger partial charge in [0.25, 0.3) is 5.78 Å². The molecular formula is C12H10BrNO3. The first-order valence-corrected chi connectivity index (χ1v) is 5.91. The van der Waals surface area contributed by atoms with E-state index in [1.54, 1.807) is 25.3 Å². The minimum Gasteiger partial charge on any atom is -0.460 e. The zero-order chi connectivity index (χ0) is 12.4. The Morgan fingerprint density at radius 2 is 2.18 bits per heavy atom. The normalized spacial score (nSPS) is 10.5. The Hall–Kier alpha value is -1.62. The van der Waals surface area contributed by atoms with Gasteiger partial charge in [-0.1, -0.05) is 6.07 Å². The Morgan fingerprint density at radius 1 is 1.41 bits per heavy atom. The first kappa shape index (κ1) is 11.9. The van der Waals surface area contributed by atoms with Crippen LogP contribution in [0.2, 0.25) is 0 Å². The SMILES string of the molecule is CCOC(=O)C(=O)c1cccc2[nH]cc(Br)c12. The molecule has 0 aliphatic carbocycles. The lowest BCUT2D eigenvalue weighted by Gasteiger charge is -2.03. The fraction of sp³-hybridized carbons (Fsp3) is 0.167. The molecule has 0 unspecified atom stereocenters. The van der Waals surface area contributed by atoms with Crippen molar-refractivity contribution in [2.24, 2.45) is 0 Å². The number of rotatable bonds is 3. The van der Waals surface area contributed by atoms with Crippen molar-refractivity contribution < 1.29 is 14.3 Å². The molecule has 0 fully saturated rings. The van der Waals surface area contributed by atoms with Gasteiger partial charge in [0.15, 0.2) is 0 Å². The standard InChI is InChI=1S/C12H10BrNO3/c1-2-17-12(16)11(15)7-4-3-5-9-10(7)8(13)6-14-9/h3-6,14H,2H2,1H3. The molecule has 1 heterocycles. The van der Waals surface area contributed by atoms with Crippen LogP contribution in [0.5, 0.6) is 0 Å². The molecule has 2 rings (SSSR count). The van der Waals surface area contributed by atoms with Gasteiger partial charge in [0.05, 0.1) is 6.61 Å². The molecule has 5 heteroatoms. The maximum absolute atomic E-state index is 11.9. The summed E-state index contributed by atoms with van der Waals surface area (Å²) in [4.78, 5) is 26.3. The molecule has 0 spiro atoms. The topological polar surface area (TPSA) is 59.2 Å². The molecule has 0 atom stereocenters.